The molecule has 0 unspecified atom stereocenters. The second-order valence-corrected chi connectivity index (χ2v) is 7.94. The minimum absolute atomic E-state index is 0.0866. The molecule has 0 fully saturated rings. The summed E-state index contributed by atoms with van der Waals surface area (Å²) in [6, 6.07) is 19.5. The highest BCUT2D eigenvalue weighted by Gasteiger charge is 2.15. The van der Waals surface area contributed by atoms with Crippen LogP contribution in [0.5, 0.6) is 0 Å². The summed E-state index contributed by atoms with van der Waals surface area (Å²) in [5.74, 6) is 0.229. The molecule has 172 valence electrons. The summed E-state index contributed by atoms with van der Waals surface area (Å²) >= 11 is 6.08. The second kappa shape index (κ2) is 11.2. The average Bonchev–Trinajstić information content (AvgIpc) is 3.54. The summed E-state index contributed by atoms with van der Waals surface area (Å²) < 4.78 is 7.82. The van der Waals surface area contributed by atoms with E-state index in [9.17, 15) is 9.59 Å². The Morgan fingerprint density at radius 1 is 1.06 bits per heavy atom. The molecule has 0 aliphatic heterocycles. The fourth-order valence-corrected chi connectivity index (χ4v) is 3.48. The molecule has 34 heavy (non-hydrogen) atoms. The van der Waals surface area contributed by atoms with Crippen molar-refractivity contribution in [3.8, 4) is 11.3 Å². The summed E-state index contributed by atoms with van der Waals surface area (Å²) in [6.45, 7) is 1.15. The maximum absolute atomic E-state index is 12.9. The first kappa shape index (κ1) is 23.1. The van der Waals surface area contributed by atoms with Gasteiger partial charge in [-0.2, -0.15) is 0 Å². The topological polar surface area (TPSA) is 89.2 Å². The van der Waals surface area contributed by atoms with Crippen LogP contribution in [0.25, 0.3) is 17.4 Å². The van der Waals surface area contributed by atoms with Crippen LogP contribution in [0, 0.1) is 0 Å². The van der Waals surface area contributed by atoms with Gasteiger partial charge in [0.25, 0.3) is 11.8 Å². The highest BCUT2D eigenvalue weighted by molar-refractivity contribution is 6.30. The summed E-state index contributed by atoms with van der Waals surface area (Å²) in [4.78, 5) is 29.6. The van der Waals surface area contributed by atoms with Crippen LogP contribution in [0.15, 0.2) is 95.6 Å². The Hall–Kier alpha value is -4.10. The Morgan fingerprint density at radius 3 is 2.68 bits per heavy atom. The molecule has 0 aliphatic rings. The number of carbonyl (C=O) groups excluding carboxylic acids is 2. The van der Waals surface area contributed by atoms with Crippen LogP contribution >= 0.6 is 11.6 Å². The van der Waals surface area contributed by atoms with Gasteiger partial charge < -0.3 is 19.6 Å². The Morgan fingerprint density at radius 2 is 1.91 bits per heavy atom. The average molecular weight is 475 g/mol. The lowest BCUT2D eigenvalue weighted by Gasteiger charge is -2.11. The molecule has 2 N–H and O–H groups in total. The molecule has 0 aliphatic carbocycles. The number of imidazole rings is 1. The van der Waals surface area contributed by atoms with Crippen molar-refractivity contribution in [1.29, 1.82) is 0 Å². The van der Waals surface area contributed by atoms with Crippen LogP contribution < -0.4 is 10.6 Å². The van der Waals surface area contributed by atoms with E-state index >= 15 is 0 Å². The molecule has 2 aromatic carbocycles. The molecular weight excluding hydrogens is 452 g/mol. The molecule has 0 saturated heterocycles. The normalized spacial score (nSPS) is 11.3. The monoisotopic (exact) mass is 474 g/mol. The molecule has 0 saturated carbocycles. The molecular formula is C26H23ClN4O3. The van der Waals surface area contributed by atoms with E-state index in [4.69, 9.17) is 16.0 Å². The molecule has 0 radical (unpaired) electrons. The zero-order chi connectivity index (χ0) is 23.8. The fraction of sp³-hybridized carbons (Fsp3) is 0.115. The van der Waals surface area contributed by atoms with E-state index in [2.05, 4.69) is 15.6 Å². The molecule has 0 atom stereocenters. The summed E-state index contributed by atoms with van der Waals surface area (Å²) in [7, 11) is 0. The first-order chi connectivity index (χ1) is 16.6. The van der Waals surface area contributed by atoms with Gasteiger partial charge in [0.1, 0.15) is 17.2 Å². The van der Waals surface area contributed by atoms with Crippen LogP contribution in [0.3, 0.4) is 0 Å². The van der Waals surface area contributed by atoms with Gasteiger partial charge in [0.05, 0.1) is 6.33 Å². The predicted molar refractivity (Wildman–Crippen MR) is 131 cm³/mol. The molecule has 4 rings (SSSR count). The smallest absolute Gasteiger partial charge is 0.267 e. The molecule has 7 nitrogen and oxygen atoms in total. The number of benzene rings is 2. The van der Waals surface area contributed by atoms with Gasteiger partial charge in [0, 0.05) is 47.7 Å². The number of hydrogen-bond donors (Lipinski definition) is 2. The van der Waals surface area contributed by atoms with E-state index in [0.29, 0.717) is 35.1 Å². The van der Waals surface area contributed by atoms with Gasteiger partial charge in [-0.15, -0.1) is 0 Å². The number of nitrogens with zero attached hydrogens (tertiary/aromatic N) is 2. The lowest BCUT2D eigenvalue weighted by Crippen LogP contribution is -2.35. The van der Waals surface area contributed by atoms with E-state index in [1.165, 1.54) is 6.08 Å². The minimum atomic E-state index is -0.407. The van der Waals surface area contributed by atoms with Gasteiger partial charge in [-0.05, 0) is 42.8 Å². The quantitative estimate of drug-likeness (QED) is 0.270. The predicted octanol–water partition coefficient (Wildman–Crippen LogP) is 4.77. The zero-order valence-electron chi connectivity index (χ0n) is 18.3. The lowest BCUT2D eigenvalue weighted by atomic mass is 10.2. The third-order valence-corrected chi connectivity index (χ3v) is 5.22. The highest BCUT2D eigenvalue weighted by Crippen LogP contribution is 2.25. The molecule has 0 bridgehead atoms. The van der Waals surface area contributed by atoms with E-state index < -0.39 is 5.91 Å². The van der Waals surface area contributed by atoms with Crippen LogP contribution in [0.4, 0.5) is 0 Å². The van der Waals surface area contributed by atoms with Gasteiger partial charge >= 0.3 is 0 Å². The molecule has 2 aromatic heterocycles. The van der Waals surface area contributed by atoms with Gasteiger partial charge in [-0.25, -0.2) is 4.98 Å². The first-order valence-corrected chi connectivity index (χ1v) is 11.1. The number of hydrogen-bond acceptors (Lipinski definition) is 4. The van der Waals surface area contributed by atoms with Crippen molar-refractivity contribution in [1.82, 2.24) is 20.2 Å². The van der Waals surface area contributed by atoms with Crippen molar-refractivity contribution >= 4 is 29.5 Å². The van der Waals surface area contributed by atoms with Crippen LogP contribution in [-0.2, 0) is 11.3 Å². The summed E-state index contributed by atoms with van der Waals surface area (Å²) in [6.07, 6.45) is 7.52. The van der Waals surface area contributed by atoms with Crippen LogP contribution in [-0.4, -0.2) is 27.9 Å². The lowest BCUT2D eigenvalue weighted by molar-refractivity contribution is -0.117. The third kappa shape index (κ3) is 6.24. The number of carbonyl (C=O) groups is 2. The van der Waals surface area contributed by atoms with Gasteiger partial charge in [-0.1, -0.05) is 41.9 Å². The number of nitrogens with one attached hydrogen (secondary N) is 2. The number of aromatic nitrogens is 2. The van der Waals surface area contributed by atoms with Crippen molar-refractivity contribution in [3.05, 3.63) is 107 Å². The Kier molecular flexibility index (Phi) is 7.57. The van der Waals surface area contributed by atoms with Crippen molar-refractivity contribution in [2.45, 2.75) is 13.0 Å². The van der Waals surface area contributed by atoms with Crippen LogP contribution in [0.2, 0.25) is 5.02 Å². The van der Waals surface area contributed by atoms with E-state index in [1.54, 1.807) is 61.1 Å². The Bertz CT molecular complexity index is 1280. The zero-order valence-corrected chi connectivity index (χ0v) is 19.0. The number of halogens is 1. The SMILES string of the molecule is O=C(NCCCn1ccnc1)C(=Cc1ccc(-c2cccc(Cl)c2)o1)NC(=O)c1ccccc1. The maximum atomic E-state index is 12.9. The largest absolute Gasteiger partial charge is 0.457 e. The molecule has 0 spiro atoms. The standard InChI is InChI=1S/C26H23ClN4O3/c27-21-9-4-8-20(16-21)24-11-10-22(34-24)17-23(30-25(32)19-6-2-1-3-7-19)26(33)29-12-5-14-31-15-13-28-18-31/h1-4,6-11,13,15-18H,5,12,14H2,(H,29,33)(H,30,32). The minimum Gasteiger partial charge on any atom is -0.457 e. The van der Waals surface area contributed by atoms with Crippen molar-refractivity contribution in [2.24, 2.45) is 0 Å². The van der Waals surface area contributed by atoms with Gasteiger partial charge in [0.2, 0.25) is 0 Å². The number of rotatable bonds is 9. The van der Waals surface area contributed by atoms with E-state index in [0.717, 1.165) is 12.1 Å². The third-order valence-electron chi connectivity index (χ3n) is 4.99. The van der Waals surface area contributed by atoms with Gasteiger partial charge in [0.15, 0.2) is 0 Å². The first-order valence-electron chi connectivity index (χ1n) is 10.8. The van der Waals surface area contributed by atoms with Crippen molar-refractivity contribution < 1.29 is 14.0 Å². The van der Waals surface area contributed by atoms with Gasteiger partial charge in [-0.3, -0.25) is 9.59 Å². The van der Waals surface area contributed by atoms with E-state index in [-0.39, 0.29) is 11.6 Å². The van der Waals surface area contributed by atoms with E-state index in [1.807, 2.05) is 29.0 Å². The Labute approximate surface area is 202 Å². The number of aryl methyl sites for hydroxylation is 1. The molecule has 4 aromatic rings. The highest BCUT2D eigenvalue weighted by atomic mass is 35.5. The molecule has 2 heterocycles. The summed E-state index contributed by atoms with van der Waals surface area (Å²) in [5.41, 5.74) is 1.34. The molecule has 8 heteroatoms. The fourth-order valence-electron chi connectivity index (χ4n) is 3.29. The maximum Gasteiger partial charge on any atom is 0.267 e. The van der Waals surface area contributed by atoms with Crippen molar-refractivity contribution in [3.63, 3.8) is 0 Å². The molecule has 2 amide bonds. The number of amides is 2. The second-order valence-electron chi connectivity index (χ2n) is 7.50. The van der Waals surface area contributed by atoms with Crippen molar-refractivity contribution in [2.75, 3.05) is 6.54 Å². The van der Waals surface area contributed by atoms with Crippen LogP contribution in [0.1, 0.15) is 22.5 Å². The Balaban J connectivity index is 1.50. The number of furan rings is 1. The summed E-state index contributed by atoms with van der Waals surface area (Å²) in [5, 5.41) is 6.16.